The van der Waals surface area contributed by atoms with Crippen molar-refractivity contribution >= 4 is 49.8 Å². The van der Waals surface area contributed by atoms with Gasteiger partial charge in [-0.25, -0.2) is 0 Å². The van der Waals surface area contributed by atoms with Gasteiger partial charge in [-0.3, -0.25) is 0 Å². The molecule has 9 aromatic carbocycles. The number of benzene rings is 9. The van der Waals surface area contributed by atoms with Gasteiger partial charge in [0.1, 0.15) is 11.2 Å². The number of fused-ring (bicyclic) bond motifs is 4. The van der Waals surface area contributed by atoms with Gasteiger partial charge >= 0.3 is 0 Å². The van der Waals surface area contributed by atoms with Gasteiger partial charge in [-0.1, -0.05) is 170 Å². The van der Waals surface area contributed by atoms with Gasteiger partial charge in [-0.05, 0) is 86.8 Å². The molecule has 0 bridgehead atoms. The molecule has 0 fully saturated rings. The molecule has 10 rings (SSSR count). The Bertz CT molecular complexity index is 2910. The largest absolute Gasteiger partial charge is 0.455 e. The first-order valence-electron chi connectivity index (χ1n) is 18.4. The first-order chi connectivity index (χ1) is 26.8. The highest BCUT2D eigenvalue weighted by atomic mass is 16.3. The monoisotopic (exact) mass is 689 g/mol. The van der Waals surface area contributed by atoms with Crippen LogP contribution in [0.1, 0.15) is 0 Å². The lowest BCUT2D eigenvalue weighted by atomic mass is 9.93. The third-order valence-electron chi connectivity index (χ3n) is 10.5. The summed E-state index contributed by atoms with van der Waals surface area (Å²) in [6.07, 6.45) is 0. The average Bonchev–Trinajstić information content (AvgIpc) is 3.63. The van der Waals surface area contributed by atoms with Crippen LogP contribution in [0.15, 0.2) is 217 Å². The van der Waals surface area contributed by atoms with Gasteiger partial charge in [0.05, 0.1) is 5.69 Å². The molecule has 0 aliphatic rings. The number of furan rings is 1. The van der Waals surface area contributed by atoms with Crippen molar-refractivity contribution in [2.45, 2.75) is 0 Å². The van der Waals surface area contributed by atoms with Crippen LogP contribution in [0.3, 0.4) is 0 Å². The summed E-state index contributed by atoms with van der Waals surface area (Å²) in [4.78, 5) is 2.39. The van der Waals surface area contributed by atoms with Gasteiger partial charge in [-0.15, -0.1) is 0 Å². The molecule has 2 nitrogen and oxygen atoms in total. The molecule has 0 saturated heterocycles. The lowest BCUT2D eigenvalue weighted by Gasteiger charge is -2.28. The molecule has 0 aliphatic carbocycles. The highest BCUT2D eigenvalue weighted by Gasteiger charge is 2.19. The highest BCUT2D eigenvalue weighted by Crippen LogP contribution is 2.44. The van der Waals surface area contributed by atoms with Crippen LogP contribution >= 0.6 is 0 Å². The molecule has 0 atom stereocenters. The Morgan fingerprint density at radius 1 is 0.315 bits per heavy atom. The van der Waals surface area contributed by atoms with Crippen LogP contribution in [0.5, 0.6) is 0 Å². The molecule has 254 valence electrons. The fraction of sp³-hybridized carbons (Fsp3) is 0. The average molecular weight is 690 g/mol. The number of hydrogen-bond donors (Lipinski definition) is 0. The van der Waals surface area contributed by atoms with E-state index in [-0.39, 0.29) is 0 Å². The van der Waals surface area contributed by atoms with Gasteiger partial charge in [-0.2, -0.15) is 0 Å². The van der Waals surface area contributed by atoms with Crippen molar-refractivity contribution in [2.75, 3.05) is 4.90 Å². The number of rotatable bonds is 7. The highest BCUT2D eigenvalue weighted by molar-refractivity contribution is 6.10. The van der Waals surface area contributed by atoms with Crippen LogP contribution in [-0.2, 0) is 0 Å². The third kappa shape index (κ3) is 5.62. The number of hydrogen-bond acceptors (Lipinski definition) is 2. The van der Waals surface area contributed by atoms with Gasteiger partial charge < -0.3 is 9.32 Å². The van der Waals surface area contributed by atoms with Crippen LogP contribution in [0, 0.1) is 0 Å². The minimum Gasteiger partial charge on any atom is -0.455 e. The van der Waals surface area contributed by atoms with E-state index in [9.17, 15) is 0 Å². The maximum absolute atomic E-state index is 6.48. The van der Waals surface area contributed by atoms with E-state index in [1.54, 1.807) is 0 Å². The van der Waals surface area contributed by atoms with Crippen LogP contribution in [0.4, 0.5) is 17.1 Å². The SMILES string of the molecule is c1ccc(-c2ccc(N(c3ccc(-c4ccc5oc6c(-c7ccccc7)cccc6c5c4)cc3)c3cccc4ccccc34)cc2-c2ccccc2)cc1. The van der Waals surface area contributed by atoms with E-state index in [0.717, 1.165) is 61.3 Å². The van der Waals surface area contributed by atoms with Crippen LogP contribution in [0.2, 0.25) is 0 Å². The quantitative estimate of drug-likeness (QED) is 0.166. The summed E-state index contributed by atoms with van der Waals surface area (Å²) in [6, 6.07) is 75.8. The fourth-order valence-electron chi connectivity index (χ4n) is 7.85. The summed E-state index contributed by atoms with van der Waals surface area (Å²) in [5.41, 5.74) is 14.5. The zero-order valence-corrected chi connectivity index (χ0v) is 29.6. The molecule has 0 radical (unpaired) electrons. The zero-order valence-electron chi connectivity index (χ0n) is 29.6. The maximum atomic E-state index is 6.48. The summed E-state index contributed by atoms with van der Waals surface area (Å²) < 4.78 is 6.48. The number of anilines is 3. The Balaban J connectivity index is 1.10. The molecule has 0 saturated carbocycles. The Labute approximate surface area is 314 Å². The zero-order chi connectivity index (χ0) is 35.8. The summed E-state index contributed by atoms with van der Waals surface area (Å²) in [5.74, 6) is 0. The molecule has 1 heterocycles. The van der Waals surface area contributed by atoms with Crippen molar-refractivity contribution in [1.82, 2.24) is 0 Å². The second kappa shape index (κ2) is 13.4. The van der Waals surface area contributed by atoms with E-state index in [1.807, 2.05) is 6.07 Å². The van der Waals surface area contributed by atoms with Crippen molar-refractivity contribution in [3.63, 3.8) is 0 Å². The lowest BCUT2D eigenvalue weighted by Crippen LogP contribution is -2.10. The van der Waals surface area contributed by atoms with Gasteiger partial charge in [0.25, 0.3) is 0 Å². The molecular formula is C52H35NO. The summed E-state index contributed by atoms with van der Waals surface area (Å²) in [5, 5.41) is 4.65. The van der Waals surface area contributed by atoms with Crippen LogP contribution in [-0.4, -0.2) is 0 Å². The second-order valence-corrected chi connectivity index (χ2v) is 13.7. The Morgan fingerprint density at radius 3 is 1.63 bits per heavy atom. The van der Waals surface area contributed by atoms with Crippen molar-refractivity contribution < 1.29 is 4.42 Å². The molecule has 0 N–H and O–H groups in total. The topological polar surface area (TPSA) is 16.4 Å². The Hall–Kier alpha value is -7.16. The van der Waals surface area contributed by atoms with Crippen LogP contribution in [0.25, 0.3) is 77.2 Å². The van der Waals surface area contributed by atoms with E-state index in [0.29, 0.717) is 0 Å². The minimum absolute atomic E-state index is 0.893. The number of para-hydroxylation sites is 1. The van der Waals surface area contributed by atoms with Gasteiger partial charge in [0.2, 0.25) is 0 Å². The minimum atomic E-state index is 0.893. The summed E-state index contributed by atoms with van der Waals surface area (Å²) >= 11 is 0. The second-order valence-electron chi connectivity index (χ2n) is 13.7. The van der Waals surface area contributed by atoms with Crippen molar-refractivity contribution in [3.05, 3.63) is 212 Å². The molecule has 0 spiro atoms. The van der Waals surface area contributed by atoms with E-state index in [2.05, 4.69) is 211 Å². The fourth-order valence-corrected chi connectivity index (χ4v) is 7.85. The van der Waals surface area contributed by atoms with E-state index < -0.39 is 0 Å². The molecule has 2 heteroatoms. The van der Waals surface area contributed by atoms with E-state index in [1.165, 1.54) is 33.0 Å². The van der Waals surface area contributed by atoms with E-state index in [4.69, 9.17) is 4.42 Å². The van der Waals surface area contributed by atoms with Crippen molar-refractivity contribution in [3.8, 4) is 44.5 Å². The molecular weight excluding hydrogens is 655 g/mol. The summed E-state index contributed by atoms with van der Waals surface area (Å²) in [6.45, 7) is 0. The predicted molar refractivity (Wildman–Crippen MR) is 228 cm³/mol. The van der Waals surface area contributed by atoms with Crippen molar-refractivity contribution in [2.24, 2.45) is 0 Å². The van der Waals surface area contributed by atoms with E-state index >= 15 is 0 Å². The Morgan fingerprint density at radius 2 is 0.889 bits per heavy atom. The molecule has 0 unspecified atom stereocenters. The third-order valence-corrected chi connectivity index (χ3v) is 10.5. The molecule has 0 amide bonds. The summed E-state index contributed by atoms with van der Waals surface area (Å²) in [7, 11) is 0. The molecule has 10 aromatic rings. The Kier molecular flexibility index (Phi) is 7.85. The predicted octanol–water partition coefficient (Wildman–Crippen LogP) is 14.9. The smallest absolute Gasteiger partial charge is 0.143 e. The number of nitrogens with zero attached hydrogens (tertiary/aromatic N) is 1. The maximum Gasteiger partial charge on any atom is 0.143 e. The standard InChI is InChI=1S/C52H35NO/c1-4-14-37(15-5-1)44-32-31-43(35-48(44)40-18-8-3-9-19-40)53(50-25-12-21-38-20-10-11-22-45(38)50)42-29-26-36(27-30-42)41-28-33-51-49(34-41)47-24-13-23-46(52(47)54-51)39-16-6-2-7-17-39/h1-35H. The van der Waals surface area contributed by atoms with Crippen molar-refractivity contribution in [1.29, 1.82) is 0 Å². The van der Waals surface area contributed by atoms with Gasteiger partial charge in [0.15, 0.2) is 0 Å². The molecule has 0 aliphatic heterocycles. The normalized spacial score (nSPS) is 11.3. The van der Waals surface area contributed by atoms with Crippen LogP contribution < -0.4 is 4.90 Å². The molecule has 1 aromatic heterocycles. The lowest BCUT2D eigenvalue weighted by molar-refractivity contribution is 0.670. The first-order valence-corrected chi connectivity index (χ1v) is 18.4. The van der Waals surface area contributed by atoms with Gasteiger partial charge in [0, 0.05) is 33.1 Å². The first kappa shape index (κ1) is 31.6. The molecule has 54 heavy (non-hydrogen) atoms.